The first-order valence-corrected chi connectivity index (χ1v) is 6.81. The second kappa shape index (κ2) is 7.53. The summed E-state index contributed by atoms with van der Waals surface area (Å²) in [5.41, 5.74) is 1.77. The Labute approximate surface area is 119 Å². The predicted molar refractivity (Wildman–Crippen MR) is 78.9 cm³/mol. The monoisotopic (exact) mass is 278 g/mol. The highest BCUT2D eigenvalue weighted by molar-refractivity contribution is 5.92. The molecule has 0 aliphatic heterocycles. The van der Waals surface area contributed by atoms with Crippen LogP contribution in [-0.2, 0) is 11.2 Å². The summed E-state index contributed by atoms with van der Waals surface area (Å²) in [6, 6.07) is 6.11. The Morgan fingerprint density at radius 3 is 2.55 bits per heavy atom. The molecule has 1 rings (SSSR count). The topological polar surface area (TPSA) is 78.4 Å². The molecule has 2 amide bonds. The van der Waals surface area contributed by atoms with Gasteiger partial charge in [-0.05, 0) is 36.5 Å². The molecule has 0 radical (unpaired) electrons. The lowest BCUT2D eigenvalue weighted by atomic mass is 10.0. The highest BCUT2D eigenvalue weighted by Crippen LogP contribution is 2.11. The van der Waals surface area contributed by atoms with Gasteiger partial charge in [-0.25, -0.2) is 9.59 Å². The molecule has 0 saturated carbocycles. The molecule has 20 heavy (non-hydrogen) atoms. The number of aliphatic carboxylic acids is 1. The standard InChI is InChI=1S/C15H22N2O3/c1-4-11-6-5-7-12(9-11)16-15(20)17-13(14(18)19)8-10(2)3/h5-7,9-10,13H,4,8H2,1-3H3,(H,18,19)(H2,16,17,20). The predicted octanol–water partition coefficient (Wildman–Crippen LogP) is 2.87. The zero-order valence-corrected chi connectivity index (χ0v) is 12.1. The molecule has 0 aliphatic carbocycles. The van der Waals surface area contributed by atoms with E-state index in [1.165, 1.54) is 0 Å². The molecule has 0 heterocycles. The van der Waals surface area contributed by atoms with Crippen molar-refractivity contribution in [1.82, 2.24) is 5.32 Å². The van der Waals surface area contributed by atoms with Crippen LogP contribution in [0.25, 0.3) is 0 Å². The molecular weight excluding hydrogens is 256 g/mol. The van der Waals surface area contributed by atoms with Crippen LogP contribution in [0.2, 0.25) is 0 Å². The molecule has 5 nitrogen and oxygen atoms in total. The van der Waals surface area contributed by atoms with Gasteiger partial charge in [-0.15, -0.1) is 0 Å². The Kier molecular flexibility index (Phi) is 6.03. The van der Waals surface area contributed by atoms with Crippen molar-refractivity contribution in [1.29, 1.82) is 0 Å². The minimum absolute atomic E-state index is 0.194. The van der Waals surface area contributed by atoms with Gasteiger partial charge >= 0.3 is 12.0 Å². The van der Waals surface area contributed by atoms with Gasteiger partial charge in [0.1, 0.15) is 6.04 Å². The maximum atomic E-state index is 11.8. The number of amides is 2. The normalized spacial score (nSPS) is 12.0. The first-order valence-electron chi connectivity index (χ1n) is 6.81. The van der Waals surface area contributed by atoms with Gasteiger partial charge < -0.3 is 15.7 Å². The van der Waals surface area contributed by atoms with Gasteiger partial charge in [0.2, 0.25) is 0 Å². The molecule has 0 bridgehead atoms. The quantitative estimate of drug-likeness (QED) is 0.748. The van der Waals surface area contributed by atoms with Gasteiger partial charge in [0.15, 0.2) is 0 Å². The number of urea groups is 1. The molecule has 1 unspecified atom stereocenters. The SMILES string of the molecule is CCc1cccc(NC(=O)NC(CC(C)C)C(=O)O)c1. The Morgan fingerprint density at radius 1 is 1.30 bits per heavy atom. The summed E-state index contributed by atoms with van der Waals surface area (Å²) in [4.78, 5) is 22.9. The van der Waals surface area contributed by atoms with E-state index in [2.05, 4.69) is 10.6 Å². The van der Waals surface area contributed by atoms with Crippen LogP contribution in [0.4, 0.5) is 10.5 Å². The lowest BCUT2D eigenvalue weighted by Crippen LogP contribution is -2.43. The first-order chi connectivity index (χ1) is 9.42. The van der Waals surface area contributed by atoms with Crippen molar-refractivity contribution in [3.8, 4) is 0 Å². The second-order valence-corrected chi connectivity index (χ2v) is 5.17. The van der Waals surface area contributed by atoms with E-state index in [-0.39, 0.29) is 5.92 Å². The zero-order valence-electron chi connectivity index (χ0n) is 12.1. The number of carboxylic acid groups (broad SMARTS) is 1. The van der Waals surface area contributed by atoms with Crippen LogP contribution in [0.5, 0.6) is 0 Å². The van der Waals surface area contributed by atoms with Crippen molar-refractivity contribution >= 4 is 17.7 Å². The lowest BCUT2D eigenvalue weighted by molar-refractivity contribution is -0.139. The molecule has 0 fully saturated rings. The van der Waals surface area contributed by atoms with Crippen molar-refractivity contribution in [2.45, 2.75) is 39.7 Å². The van der Waals surface area contributed by atoms with Crippen LogP contribution >= 0.6 is 0 Å². The summed E-state index contributed by atoms with van der Waals surface area (Å²) in [6.45, 7) is 5.86. The smallest absolute Gasteiger partial charge is 0.326 e. The lowest BCUT2D eigenvalue weighted by Gasteiger charge is -2.17. The molecule has 0 saturated heterocycles. The molecule has 3 N–H and O–H groups in total. The van der Waals surface area contributed by atoms with E-state index in [1.807, 2.05) is 39.0 Å². The number of carbonyl (C=O) groups excluding carboxylic acids is 1. The van der Waals surface area contributed by atoms with Gasteiger partial charge in [-0.3, -0.25) is 0 Å². The average Bonchev–Trinajstić information content (AvgIpc) is 2.37. The molecule has 1 atom stereocenters. The van der Waals surface area contributed by atoms with Crippen LogP contribution in [0.3, 0.4) is 0 Å². The first kappa shape index (κ1) is 16.0. The summed E-state index contributed by atoms with van der Waals surface area (Å²) in [5, 5.41) is 14.2. The van der Waals surface area contributed by atoms with Crippen molar-refractivity contribution < 1.29 is 14.7 Å². The third-order valence-corrected chi connectivity index (χ3v) is 2.90. The van der Waals surface area contributed by atoms with Crippen LogP contribution in [0.15, 0.2) is 24.3 Å². The fraction of sp³-hybridized carbons (Fsp3) is 0.467. The van der Waals surface area contributed by atoms with Crippen molar-refractivity contribution in [2.24, 2.45) is 5.92 Å². The summed E-state index contributed by atoms with van der Waals surface area (Å²) in [5.74, 6) is -0.823. The van der Waals surface area contributed by atoms with Gasteiger partial charge in [-0.2, -0.15) is 0 Å². The highest BCUT2D eigenvalue weighted by atomic mass is 16.4. The number of carbonyl (C=O) groups is 2. The van der Waals surface area contributed by atoms with Gasteiger partial charge in [0, 0.05) is 5.69 Å². The fourth-order valence-electron chi connectivity index (χ4n) is 1.89. The third-order valence-electron chi connectivity index (χ3n) is 2.90. The van der Waals surface area contributed by atoms with E-state index in [0.717, 1.165) is 12.0 Å². The highest BCUT2D eigenvalue weighted by Gasteiger charge is 2.20. The Hall–Kier alpha value is -2.04. The van der Waals surface area contributed by atoms with E-state index >= 15 is 0 Å². The summed E-state index contributed by atoms with van der Waals surface area (Å²) >= 11 is 0. The van der Waals surface area contributed by atoms with Gasteiger partial charge in [-0.1, -0.05) is 32.9 Å². The molecule has 110 valence electrons. The molecule has 1 aromatic rings. The van der Waals surface area contributed by atoms with E-state index in [9.17, 15) is 9.59 Å². The molecule has 0 aliphatic rings. The molecular formula is C15H22N2O3. The minimum atomic E-state index is -1.02. The summed E-state index contributed by atoms with van der Waals surface area (Å²) in [7, 11) is 0. The molecule has 0 spiro atoms. The van der Waals surface area contributed by atoms with E-state index < -0.39 is 18.0 Å². The summed E-state index contributed by atoms with van der Waals surface area (Å²) < 4.78 is 0. The maximum Gasteiger partial charge on any atom is 0.326 e. The number of hydrogen-bond donors (Lipinski definition) is 3. The fourth-order valence-corrected chi connectivity index (χ4v) is 1.89. The largest absolute Gasteiger partial charge is 0.480 e. The minimum Gasteiger partial charge on any atom is -0.480 e. The van der Waals surface area contributed by atoms with Crippen LogP contribution in [0, 0.1) is 5.92 Å². The zero-order chi connectivity index (χ0) is 15.1. The van der Waals surface area contributed by atoms with Crippen molar-refractivity contribution in [3.63, 3.8) is 0 Å². The third kappa shape index (κ3) is 5.30. The van der Waals surface area contributed by atoms with Crippen LogP contribution in [-0.4, -0.2) is 23.1 Å². The molecule has 0 aromatic heterocycles. The van der Waals surface area contributed by atoms with Gasteiger partial charge in [0.25, 0.3) is 0 Å². The number of aryl methyl sites for hydroxylation is 1. The van der Waals surface area contributed by atoms with Crippen LogP contribution in [0.1, 0.15) is 32.8 Å². The Balaban J connectivity index is 2.63. The van der Waals surface area contributed by atoms with E-state index in [1.54, 1.807) is 6.07 Å². The Morgan fingerprint density at radius 2 is 2.00 bits per heavy atom. The number of hydrogen-bond acceptors (Lipinski definition) is 2. The second-order valence-electron chi connectivity index (χ2n) is 5.17. The molecule has 1 aromatic carbocycles. The molecule has 5 heteroatoms. The number of benzene rings is 1. The van der Waals surface area contributed by atoms with Crippen molar-refractivity contribution in [3.05, 3.63) is 29.8 Å². The number of anilines is 1. The van der Waals surface area contributed by atoms with Gasteiger partial charge in [0.05, 0.1) is 0 Å². The Bertz CT molecular complexity index is 472. The summed E-state index contributed by atoms with van der Waals surface area (Å²) in [6.07, 6.45) is 1.28. The number of carboxylic acids is 1. The van der Waals surface area contributed by atoms with E-state index in [4.69, 9.17) is 5.11 Å². The average molecular weight is 278 g/mol. The maximum absolute atomic E-state index is 11.8. The van der Waals surface area contributed by atoms with Crippen LogP contribution < -0.4 is 10.6 Å². The number of nitrogens with one attached hydrogen (secondary N) is 2. The number of rotatable bonds is 6. The van der Waals surface area contributed by atoms with Crippen molar-refractivity contribution in [2.75, 3.05) is 5.32 Å². The van der Waals surface area contributed by atoms with E-state index in [0.29, 0.717) is 12.1 Å².